The van der Waals surface area contributed by atoms with Gasteiger partial charge < -0.3 is 5.11 Å². The van der Waals surface area contributed by atoms with Crippen molar-refractivity contribution in [1.82, 2.24) is 29.6 Å². The first-order chi connectivity index (χ1) is 16.8. The van der Waals surface area contributed by atoms with Crippen molar-refractivity contribution < 1.29 is 14.7 Å². The molecule has 0 bridgehead atoms. The molecule has 1 fully saturated rings. The van der Waals surface area contributed by atoms with Gasteiger partial charge in [0.25, 0.3) is 11.5 Å². The summed E-state index contributed by atoms with van der Waals surface area (Å²) < 4.78 is 3.78. The maximum absolute atomic E-state index is 13.6. The van der Waals surface area contributed by atoms with E-state index in [9.17, 15) is 14.7 Å². The summed E-state index contributed by atoms with van der Waals surface area (Å²) in [5.74, 6) is 0.276. The molecule has 182 valence electrons. The van der Waals surface area contributed by atoms with Gasteiger partial charge in [-0.3, -0.25) is 14.4 Å². The van der Waals surface area contributed by atoms with Crippen molar-refractivity contribution in [2.24, 2.45) is 7.05 Å². The lowest BCUT2D eigenvalue weighted by Crippen LogP contribution is -2.30. The monoisotopic (exact) mass is 494 g/mol. The number of carbonyl (C=O) groups is 1. The Kier molecular flexibility index (Phi) is 5.99. The molecule has 1 amide bonds. The summed E-state index contributed by atoms with van der Waals surface area (Å²) in [6.07, 6.45) is 1.98. The molecule has 4 aromatic heterocycles. The minimum absolute atomic E-state index is 0.0397. The van der Waals surface area contributed by atoms with Crippen molar-refractivity contribution in [2.45, 2.75) is 39.7 Å². The smallest absolute Gasteiger partial charge is 0.279 e. The second-order valence-electron chi connectivity index (χ2n) is 8.58. The number of rotatable bonds is 5. The van der Waals surface area contributed by atoms with Crippen molar-refractivity contribution in [3.05, 3.63) is 67.8 Å². The second kappa shape index (κ2) is 8.99. The molecular formula is C24H26N6O4S. The van der Waals surface area contributed by atoms with Crippen LogP contribution in [-0.4, -0.2) is 59.9 Å². The molecule has 35 heavy (non-hydrogen) atoms. The van der Waals surface area contributed by atoms with Crippen LogP contribution in [0.25, 0.3) is 15.9 Å². The van der Waals surface area contributed by atoms with E-state index in [4.69, 9.17) is 4.84 Å². The summed E-state index contributed by atoms with van der Waals surface area (Å²) >= 11 is 1.41. The Morgan fingerprint density at radius 2 is 2.09 bits per heavy atom. The van der Waals surface area contributed by atoms with Gasteiger partial charge in [0.2, 0.25) is 0 Å². The Labute approximate surface area is 205 Å². The predicted molar refractivity (Wildman–Crippen MR) is 131 cm³/mol. The molecule has 0 aromatic carbocycles. The number of nitrogens with zero attached hydrogens (tertiary/aromatic N) is 6. The Morgan fingerprint density at radius 1 is 1.29 bits per heavy atom. The lowest BCUT2D eigenvalue weighted by atomic mass is 10.0. The average molecular weight is 495 g/mol. The van der Waals surface area contributed by atoms with Crippen LogP contribution in [0.3, 0.4) is 0 Å². The van der Waals surface area contributed by atoms with Gasteiger partial charge in [0.1, 0.15) is 12.7 Å². The number of aliphatic hydroxyl groups is 1. The van der Waals surface area contributed by atoms with Crippen molar-refractivity contribution in [3.8, 4) is 5.82 Å². The van der Waals surface area contributed by atoms with Gasteiger partial charge in [-0.15, -0.1) is 11.3 Å². The molecule has 1 aliphatic rings. The van der Waals surface area contributed by atoms with Crippen molar-refractivity contribution in [1.29, 1.82) is 0 Å². The number of aryl methyl sites for hydroxylation is 3. The molecule has 5 heterocycles. The van der Waals surface area contributed by atoms with E-state index < -0.39 is 12.0 Å². The number of carbonyl (C=O) groups excluding carboxylic acids is 1. The number of β-amino-alcohol motifs (C(OH)–C–C–N with tert-alkyl or cyclic N) is 1. The van der Waals surface area contributed by atoms with Crippen LogP contribution in [0.2, 0.25) is 0 Å². The molecule has 0 spiro atoms. The van der Waals surface area contributed by atoms with Crippen LogP contribution in [0.1, 0.15) is 44.8 Å². The molecule has 11 heteroatoms. The molecule has 1 saturated heterocycles. The lowest BCUT2D eigenvalue weighted by molar-refractivity contribution is -0.0778. The Bertz CT molecular complexity index is 1490. The second-order valence-corrected chi connectivity index (χ2v) is 9.68. The molecule has 0 unspecified atom stereocenters. The van der Waals surface area contributed by atoms with Crippen molar-refractivity contribution >= 4 is 27.3 Å². The molecule has 4 aromatic rings. The number of aliphatic hydroxyl groups excluding tert-OH is 1. The number of thiophene rings is 1. The minimum Gasteiger partial charge on any atom is -0.389 e. The zero-order chi connectivity index (χ0) is 24.9. The lowest BCUT2D eigenvalue weighted by Gasteiger charge is -2.15. The van der Waals surface area contributed by atoms with Gasteiger partial charge in [0, 0.05) is 35.8 Å². The van der Waals surface area contributed by atoms with E-state index in [1.165, 1.54) is 16.0 Å². The zero-order valence-electron chi connectivity index (χ0n) is 20.0. The molecule has 0 radical (unpaired) electrons. The molecule has 10 nitrogen and oxygen atoms in total. The Morgan fingerprint density at radius 3 is 2.74 bits per heavy atom. The molecule has 5 rings (SSSR count). The van der Waals surface area contributed by atoms with E-state index in [-0.39, 0.29) is 18.7 Å². The number of pyridine rings is 1. The number of aromatic nitrogens is 5. The molecule has 1 N–H and O–H groups in total. The molecule has 1 atom stereocenters. The minimum atomic E-state index is -0.760. The maximum Gasteiger partial charge on any atom is 0.279 e. The number of fused-ring (bicyclic) bond motifs is 1. The Balaban J connectivity index is 1.68. The fraction of sp³-hybridized carbons (Fsp3) is 0.375. The molecule has 0 saturated carbocycles. The third-order valence-corrected chi connectivity index (χ3v) is 7.48. The topological polar surface area (TPSA) is 115 Å². The average Bonchev–Trinajstić information content (AvgIpc) is 3.53. The SMILES string of the molecule is CCc1nn(C)c(=O)c2c(C(=O)N3C[C@H](O)CO3)c(Cc3c(C)nn(-c4ccccn4)c3C)sc12. The standard InChI is InChI=1S/C24H26N6O4S/c1-5-17-22-21(23(32)28(4)27-17)20(24(33)29-11-15(31)12-34-29)18(35-22)10-16-13(2)26-30(14(16)3)19-8-6-7-9-25-19/h6-9,15,31H,5,10-12H2,1-4H3/t15-/m0/s1. The van der Waals surface area contributed by atoms with Crippen LogP contribution in [0, 0.1) is 13.8 Å². The van der Waals surface area contributed by atoms with Gasteiger partial charge in [0.15, 0.2) is 5.82 Å². The summed E-state index contributed by atoms with van der Waals surface area (Å²) in [6, 6.07) is 5.64. The van der Waals surface area contributed by atoms with Crippen LogP contribution in [-0.2, 0) is 24.7 Å². The quantitative estimate of drug-likeness (QED) is 0.452. The van der Waals surface area contributed by atoms with Crippen LogP contribution in [0.4, 0.5) is 0 Å². The molecule has 0 aliphatic carbocycles. The fourth-order valence-electron chi connectivity index (χ4n) is 4.43. The van der Waals surface area contributed by atoms with E-state index in [0.29, 0.717) is 34.3 Å². The van der Waals surface area contributed by atoms with Crippen LogP contribution >= 0.6 is 11.3 Å². The largest absolute Gasteiger partial charge is 0.389 e. The van der Waals surface area contributed by atoms with Gasteiger partial charge in [-0.1, -0.05) is 13.0 Å². The fourth-order valence-corrected chi connectivity index (χ4v) is 5.78. The van der Waals surface area contributed by atoms with Crippen LogP contribution < -0.4 is 5.56 Å². The summed E-state index contributed by atoms with van der Waals surface area (Å²) in [5, 5.41) is 20.5. The molecule has 1 aliphatic heterocycles. The van der Waals surface area contributed by atoms with Crippen LogP contribution in [0.5, 0.6) is 0 Å². The van der Waals surface area contributed by atoms with Gasteiger partial charge in [-0.25, -0.2) is 19.4 Å². The predicted octanol–water partition coefficient (Wildman–Crippen LogP) is 2.09. The summed E-state index contributed by atoms with van der Waals surface area (Å²) in [4.78, 5) is 37.4. The summed E-state index contributed by atoms with van der Waals surface area (Å²) in [7, 11) is 1.59. The third kappa shape index (κ3) is 3.95. The summed E-state index contributed by atoms with van der Waals surface area (Å²) in [6.45, 7) is 5.96. The van der Waals surface area contributed by atoms with E-state index in [2.05, 4.69) is 15.2 Å². The van der Waals surface area contributed by atoms with E-state index in [1.54, 1.807) is 17.9 Å². The van der Waals surface area contributed by atoms with Crippen LogP contribution in [0.15, 0.2) is 29.2 Å². The van der Waals surface area contributed by atoms with E-state index in [0.717, 1.165) is 32.6 Å². The molecular weight excluding hydrogens is 468 g/mol. The first kappa shape index (κ1) is 23.3. The highest BCUT2D eigenvalue weighted by Crippen LogP contribution is 2.35. The van der Waals surface area contributed by atoms with Crippen molar-refractivity contribution in [2.75, 3.05) is 13.2 Å². The van der Waals surface area contributed by atoms with Gasteiger partial charge in [-0.2, -0.15) is 10.2 Å². The van der Waals surface area contributed by atoms with Crippen molar-refractivity contribution in [3.63, 3.8) is 0 Å². The highest BCUT2D eigenvalue weighted by Gasteiger charge is 2.33. The maximum atomic E-state index is 13.6. The normalized spacial score (nSPS) is 15.9. The number of hydrogen-bond donors (Lipinski definition) is 1. The highest BCUT2D eigenvalue weighted by atomic mass is 32.1. The summed E-state index contributed by atoms with van der Waals surface area (Å²) in [5.41, 5.74) is 3.42. The first-order valence-electron chi connectivity index (χ1n) is 11.4. The van der Waals surface area contributed by atoms with E-state index in [1.807, 2.05) is 39.0 Å². The number of hydrogen-bond acceptors (Lipinski definition) is 8. The number of amides is 1. The Hall–Kier alpha value is -3.41. The van der Waals surface area contributed by atoms with Gasteiger partial charge >= 0.3 is 0 Å². The van der Waals surface area contributed by atoms with Gasteiger partial charge in [0.05, 0.1) is 33.6 Å². The zero-order valence-corrected chi connectivity index (χ0v) is 20.8. The van der Waals surface area contributed by atoms with E-state index >= 15 is 0 Å². The third-order valence-electron chi connectivity index (χ3n) is 6.24. The van der Waals surface area contributed by atoms with Gasteiger partial charge in [-0.05, 0) is 32.4 Å². The number of hydroxylamine groups is 2. The highest BCUT2D eigenvalue weighted by molar-refractivity contribution is 7.19. The first-order valence-corrected chi connectivity index (χ1v) is 12.2.